The van der Waals surface area contributed by atoms with Crippen molar-refractivity contribution in [3.8, 4) is 0 Å². The predicted octanol–water partition coefficient (Wildman–Crippen LogP) is 4.94. The topological polar surface area (TPSA) is 86.8 Å². The van der Waals surface area contributed by atoms with Crippen molar-refractivity contribution in [2.24, 2.45) is 5.92 Å². The zero-order valence-corrected chi connectivity index (χ0v) is 25.2. The van der Waals surface area contributed by atoms with Gasteiger partial charge in [0.15, 0.2) is 0 Å². The average Bonchev–Trinajstić information content (AvgIpc) is 2.89. The van der Waals surface area contributed by atoms with Crippen molar-refractivity contribution in [2.45, 2.75) is 39.8 Å². The van der Waals surface area contributed by atoms with Crippen LogP contribution in [0, 0.1) is 12.8 Å². The van der Waals surface area contributed by atoms with Crippen LogP contribution in [0.25, 0.3) is 0 Å². The van der Waals surface area contributed by atoms with Crippen LogP contribution in [-0.2, 0) is 32.6 Å². The van der Waals surface area contributed by atoms with Gasteiger partial charge in [0.05, 0.1) is 11.9 Å². The number of nitrogens with zero attached hydrogens (tertiary/aromatic N) is 2. The summed E-state index contributed by atoms with van der Waals surface area (Å²) in [6, 6.07) is 23.3. The van der Waals surface area contributed by atoms with E-state index in [1.54, 1.807) is 24.3 Å². The fraction of sp³-hybridized carbons (Fsp3) is 0.333. The van der Waals surface area contributed by atoms with Crippen LogP contribution in [0.4, 0.5) is 5.69 Å². The van der Waals surface area contributed by atoms with E-state index in [-0.39, 0.29) is 24.8 Å². The van der Waals surface area contributed by atoms with Gasteiger partial charge in [-0.1, -0.05) is 86.1 Å². The maximum Gasteiger partial charge on any atom is 0.244 e. The Kier molecular flexibility index (Phi) is 10.7. The van der Waals surface area contributed by atoms with Crippen molar-refractivity contribution < 1.29 is 18.0 Å². The first-order valence-electron chi connectivity index (χ1n) is 12.8. The molecule has 2 amide bonds. The monoisotopic (exact) mass is 613 g/mol. The summed E-state index contributed by atoms with van der Waals surface area (Å²) in [6.45, 7) is 6.15. The van der Waals surface area contributed by atoms with Gasteiger partial charge in [0.1, 0.15) is 12.6 Å². The first-order valence-corrected chi connectivity index (χ1v) is 15.5. The number of halogens is 1. The molecule has 0 saturated heterocycles. The molecule has 3 aromatic carbocycles. The molecule has 0 aliphatic rings. The van der Waals surface area contributed by atoms with E-state index in [0.717, 1.165) is 27.3 Å². The van der Waals surface area contributed by atoms with Crippen LogP contribution in [0.5, 0.6) is 0 Å². The molecule has 3 rings (SSSR count). The van der Waals surface area contributed by atoms with E-state index < -0.39 is 28.5 Å². The first-order chi connectivity index (χ1) is 18.5. The van der Waals surface area contributed by atoms with Gasteiger partial charge >= 0.3 is 0 Å². The molecule has 9 heteroatoms. The number of carbonyl (C=O) groups is 2. The van der Waals surface area contributed by atoms with Gasteiger partial charge in [-0.3, -0.25) is 13.9 Å². The van der Waals surface area contributed by atoms with Gasteiger partial charge in [-0.25, -0.2) is 8.42 Å². The number of rotatable bonds is 12. The van der Waals surface area contributed by atoms with E-state index in [1.807, 2.05) is 75.4 Å². The molecule has 0 spiro atoms. The lowest BCUT2D eigenvalue weighted by Gasteiger charge is -2.34. The molecular weight excluding hydrogens is 578 g/mol. The molecule has 0 aromatic heterocycles. The summed E-state index contributed by atoms with van der Waals surface area (Å²) in [7, 11) is -3.82. The van der Waals surface area contributed by atoms with Crippen LogP contribution in [-0.4, -0.2) is 50.5 Å². The predicted molar refractivity (Wildman–Crippen MR) is 160 cm³/mol. The molecule has 0 aliphatic carbocycles. The average molecular weight is 615 g/mol. The van der Waals surface area contributed by atoms with E-state index >= 15 is 0 Å². The molecule has 1 N–H and O–H groups in total. The maximum absolute atomic E-state index is 14.1. The lowest BCUT2D eigenvalue weighted by molar-refractivity contribution is -0.140. The zero-order valence-electron chi connectivity index (χ0n) is 22.8. The maximum atomic E-state index is 14.1. The summed E-state index contributed by atoms with van der Waals surface area (Å²) in [6.07, 6.45) is 1.36. The first kappa shape index (κ1) is 30.4. The number of amides is 2. The van der Waals surface area contributed by atoms with Gasteiger partial charge in [-0.2, -0.15) is 0 Å². The van der Waals surface area contributed by atoms with Gasteiger partial charge in [-0.15, -0.1) is 0 Å². The highest BCUT2D eigenvalue weighted by atomic mass is 79.9. The quantitative estimate of drug-likeness (QED) is 0.314. The third-order valence-electron chi connectivity index (χ3n) is 6.23. The molecular formula is C30H36BrN3O4S. The summed E-state index contributed by atoms with van der Waals surface area (Å²) >= 11 is 3.41. The third kappa shape index (κ3) is 8.93. The molecule has 0 saturated carbocycles. The minimum absolute atomic E-state index is 0.152. The van der Waals surface area contributed by atoms with E-state index in [9.17, 15) is 18.0 Å². The fourth-order valence-electron chi connectivity index (χ4n) is 4.12. The smallest absolute Gasteiger partial charge is 0.244 e. The van der Waals surface area contributed by atoms with Gasteiger partial charge in [-0.05, 0) is 52.0 Å². The number of aryl methyl sites for hydroxylation is 1. The number of hydrogen-bond donors (Lipinski definition) is 1. The molecule has 7 nitrogen and oxygen atoms in total. The molecule has 39 heavy (non-hydrogen) atoms. The second-order valence-corrected chi connectivity index (χ2v) is 12.8. The number of para-hydroxylation sites is 1. The van der Waals surface area contributed by atoms with E-state index in [1.165, 1.54) is 4.90 Å². The standard InChI is InChI=1S/C30H36BrN3O4S/c1-22(2)19-32-30(36)28(18-24-10-6-5-7-11-24)33(20-25-16-14-23(3)15-17-25)29(35)21-34(39(4,37)38)27-13-9-8-12-26(27)31/h5-17,22,28H,18-21H2,1-4H3,(H,32,36)/t28-/m0/s1. The lowest BCUT2D eigenvalue weighted by Crippen LogP contribution is -2.53. The second-order valence-electron chi connectivity index (χ2n) is 10.1. The third-order valence-corrected chi connectivity index (χ3v) is 8.03. The van der Waals surface area contributed by atoms with Crippen molar-refractivity contribution >= 4 is 43.5 Å². The minimum Gasteiger partial charge on any atom is -0.354 e. The molecule has 0 aliphatic heterocycles. The molecule has 0 heterocycles. The minimum atomic E-state index is -3.82. The van der Waals surface area contributed by atoms with Crippen LogP contribution in [0.2, 0.25) is 0 Å². The van der Waals surface area contributed by atoms with Crippen molar-refractivity contribution in [3.63, 3.8) is 0 Å². The van der Waals surface area contributed by atoms with Crippen LogP contribution < -0.4 is 9.62 Å². The van der Waals surface area contributed by atoms with Gasteiger partial charge < -0.3 is 10.2 Å². The summed E-state index contributed by atoms with van der Waals surface area (Å²) in [5.41, 5.74) is 3.17. The Labute approximate surface area is 240 Å². The van der Waals surface area contributed by atoms with Crippen LogP contribution in [0.1, 0.15) is 30.5 Å². The highest BCUT2D eigenvalue weighted by molar-refractivity contribution is 9.10. The highest BCUT2D eigenvalue weighted by Gasteiger charge is 2.33. The highest BCUT2D eigenvalue weighted by Crippen LogP contribution is 2.28. The largest absolute Gasteiger partial charge is 0.354 e. The number of hydrogen-bond acceptors (Lipinski definition) is 4. The number of sulfonamides is 1. The Morgan fingerprint density at radius 1 is 0.897 bits per heavy atom. The van der Waals surface area contributed by atoms with E-state index in [2.05, 4.69) is 21.2 Å². The Morgan fingerprint density at radius 2 is 1.51 bits per heavy atom. The number of carbonyl (C=O) groups excluding carboxylic acids is 2. The molecule has 208 valence electrons. The zero-order chi connectivity index (χ0) is 28.6. The SMILES string of the molecule is Cc1ccc(CN(C(=O)CN(c2ccccc2Br)S(C)(=O)=O)[C@@H](Cc2ccccc2)C(=O)NCC(C)C)cc1. The normalized spacial score (nSPS) is 12.2. The summed E-state index contributed by atoms with van der Waals surface area (Å²) < 4.78 is 27.4. The van der Waals surface area contributed by atoms with Gasteiger partial charge in [0, 0.05) is 24.0 Å². The van der Waals surface area contributed by atoms with Crippen LogP contribution >= 0.6 is 15.9 Å². The summed E-state index contributed by atoms with van der Waals surface area (Å²) in [5.74, 6) is -0.527. The molecule has 1 atom stereocenters. The molecule has 0 radical (unpaired) electrons. The Hall–Kier alpha value is -3.17. The van der Waals surface area contributed by atoms with E-state index in [4.69, 9.17) is 0 Å². The molecule has 0 fully saturated rings. The number of nitrogens with one attached hydrogen (secondary N) is 1. The van der Waals surface area contributed by atoms with Crippen LogP contribution in [0.3, 0.4) is 0 Å². The van der Waals surface area contributed by atoms with Crippen LogP contribution in [0.15, 0.2) is 83.3 Å². The van der Waals surface area contributed by atoms with Crippen molar-refractivity contribution in [2.75, 3.05) is 23.7 Å². The Morgan fingerprint density at radius 3 is 2.10 bits per heavy atom. The number of benzene rings is 3. The lowest BCUT2D eigenvalue weighted by atomic mass is 10.0. The Balaban J connectivity index is 2.05. The second kappa shape index (κ2) is 13.8. The van der Waals surface area contributed by atoms with Crippen molar-refractivity contribution in [1.29, 1.82) is 0 Å². The molecule has 3 aromatic rings. The van der Waals surface area contributed by atoms with Crippen molar-refractivity contribution in [1.82, 2.24) is 10.2 Å². The molecule has 0 bridgehead atoms. The van der Waals surface area contributed by atoms with Gasteiger partial charge in [0.25, 0.3) is 0 Å². The van der Waals surface area contributed by atoms with Gasteiger partial charge in [0.2, 0.25) is 21.8 Å². The molecule has 0 unspecified atom stereocenters. The summed E-state index contributed by atoms with van der Waals surface area (Å²) in [5, 5.41) is 2.98. The Bertz CT molecular complexity index is 1360. The fourth-order valence-corrected chi connectivity index (χ4v) is 5.59. The summed E-state index contributed by atoms with van der Waals surface area (Å²) in [4.78, 5) is 29.2. The van der Waals surface area contributed by atoms with Crippen molar-refractivity contribution in [3.05, 3.63) is 100 Å². The number of anilines is 1. The van der Waals surface area contributed by atoms with E-state index in [0.29, 0.717) is 16.7 Å².